The molecular formula is C28H21BrF3N3O6S. The molecule has 0 bridgehead atoms. The number of ether oxygens (including phenoxy) is 1. The van der Waals surface area contributed by atoms with Crippen LogP contribution in [0.25, 0.3) is 6.08 Å². The smallest absolute Gasteiger partial charge is 0.416 e. The molecule has 4 rings (SSSR count). The Hall–Kier alpha value is -4.17. The number of nitrogens with one attached hydrogen (secondary N) is 1. The van der Waals surface area contributed by atoms with Crippen LogP contribution in [0, 0.1) is 30.9 Å². The number of nitro benzene ring substituents is 1. The van der Waals surface area contributed by atoms with Crippen LogP contribution < -0.4 is 10.1 Å². The van der Waals surface area contributed by atoms with E-state index in [2.05, 4.69) is 21.2 Å². The second kappa shape index (κ2) is 12.0. The summed E-state index contributed by atoms with van der Waals surface area (Å²) in [5.41, 5.74) is 1.72. The molecule has 1 aliphatic heterocycles. The standard InChI is InChI=1S/C28H21BrF3N3O6S/c1-14-8-15(2)25(16(3)9-14)33-24(36)13-34-26(37)23(42-27(34)38)11-17-4-6-21(19(29)10-17)41-22-7-5-18(28(30,31)32)12-20(22)35(39)40/h4-12H,13H2,1-3H3,(H,33,36)/b23-11+. The summed E-state index contributed by atoms with van der Waals surface area (Å²) < 4.78 is 44.7. The fourth-order valence-electron chi connectivity index (χ4n) is 4.22. The van der Waals surface area contributed by atoms with Gasteiger partial charge in [-0.15, -0.1) is 0 Å². The summed E-state index contributed by atoms with van der Waals surface area (Å²) in [5.74, 6) is -1.54. The Kier molecular flexibility index (Phi) is 8.78. The molecule has 9 nitrogen and oxygen atoms in total. The van der Waals surface area contributed by atoms with Crippen molar-refractivity contribution in [1.82, 2.24) is 4.90 Å². The number of aryl methyl sites for hydroxylation is 3. The molecule has 1 aliphatic rings. The van der Waals surface area contributed by atoms with Crippen LogP contribution in [-0.2, 0) is 15.8 Å². The van der Waals surface area contributed by atoms with Crippen LogP contribution >= 0.6 is 27.7 Å². The molecule has 3 aromatic carbocycles. The maximum atomic E-state index is 13.0. The van der Waals surface area contributed by atoms with Gasteiger partial charge < -0.3 is 10.1 Å². The SMILES string of the molecule is Cc1cc(C)c(NC(=O)CN2C(=O)S/C(=C/c3ccc(Oc4ccc(C(F)(F)F)cc4[N+](=O)[O-])c(Br)c3)C2=O)c(C)c1. The van der Waals surface area contributed by atoms with Crippen LogP contribution in [-0.4, -0.2) is 33.4 Å². The highest BCUT2D eigenvalue weighted by Gasteiger charge is 2.37. The number of carbonyl (C=O) groups is 3. The molecule has 14 heteroatoms. The fourth-order valence-corrected chi connectivity index (χ4v) is 5.53. The van der Waals surface area contributed by atoms with E-state index < -0.39 is 51.7 Å². The van der Waals surface area contributed by atoms with Gasteiger partial charge in [0.25, 0.3) is 11.1 Å². The molecule has 0 unspecified atom stereocenters. The Labute approximate surface area is 250 Å². The van der Waals surface area contributed by atoms with Crippen LogP contribution in [0.5, 0.6) is 11.5 Å². The molecule has 1 heterocycles. The van der Waals surface area contributed by atoms with Crippen molar-refractivity contribution in [3.8, 4) is 11.5 Å². The first-order valence-electron chi connectivity index (χ1n) is 12.1. The zero-order valence-corrected chi connectivity index (χ0v) is 24.6. The molecule has 0 spiro atoms. The largest absolute Gasteiger partial charge is 0.449 e. The van der Waals surface area contributed by atoms with E-state index in [1.165, 1.54) is 24.3 Å². The van der Waals surface area contributed by atoms with Crippen molar-refractivity contribution in [3.63, 3.8) is 0 Å². The van der Waals surface area contributed by atoms with E-state index >= 15 is 0 Å². The van der Waals surface area contributed by atoms with E-state index in [4.69, 9.17) is 4.74 Å². The molecule has 0 aliphatic carbocycles. The molecule has 3 amide bonds. The zero-order chi connectivity index (χ0) is 30.9. The van der Waals surface area contributed by atoms with Crippen molar-refractivity contribution in [2.75, 3.05) is 11.9 Å². The number of imide groups is 1. The van der Waals surface area contributed by atoms with Crippen LogP contribution in [0.1, 0.15) is 27.8 Å². The second-order valence-corrected chi connectivity index (χ2v) is 11.2. The highest BCUT2D eigenvalue weighted by atomic mass is 79.9. The summed E-state index contributed by atoms with van der Waals surface area (Å²) in [6, 6.07) is 10.1. The Balaban J connectivity index is 1.49. The molecule has 0 saturated carbocycles. The van der Waals surface area contributed by atoms with Gasteiger partial charge in [0.05, 0.1) is 19.9 Å². The van der Waals surface area contributed by atoms with Crippen molar-refractivity contribution in [2.45, 2.75) is 26.9 Å². The number of hydrogen-bond donors (Lipinski definition) is 1. The zero-order valence-electron chi connectivity index (χ0n) is 22.2. The average molecular weight is 664 g/mol. The van der Waals surface area contributed by atoms with Gasteiger partial charge in [-0.2, -0.15) is 13.2 Å². The minimum absolute atomic E-state index is 0.0569. The lowest BCUT2D eigenvalue weighted by atomic mass is 10.1. The van der Waals surface area contributed by atoms with Gasteiger partial charge in [0.15, 0.2) is 0 Å². The minimum atomic E-state index is -4.77. The minimum Gasteiger partial charge on any atom is -0.449 e. The van der Waals surface area contributed by atoms with E-state index in [1.807, 2.05) is 32.9 Å². The second-order valence-electron chi connectivity index (χ2n) is 9.32. The lowest BCUT2D eigenvalue weighted by Crippen LogP contribution is -2.36. The quantitative estimate of drug-likeness (QED) is 0.156. The van der Waals surface area contributed by atoms with Gasteiger partial charge in [0.1, 0.15) is 12.3 Å². The van der Waals surface area contributed by atoms with Crippen LogP contribution in [0.4, 0.5) is 29.3 Å². The molecule has 0 atom stereocenters. The molecule has 0 radical (unpaired) electrons. The number of thioether (sulfide) groups is 1. The summed E-state index contributed by atoms with van der Waals surface area (Å²) in [4.78, 5) is 49.4. The summed E-state index contributed by atoms with van der Waals surface area (Å²) in [6.07, 6.45) is -3.35. The first kappa shape index (κ1) is 30.8. The van der Waals surface area contributed by atoms with Crippen molar-refractivity contribution in [2.24, 2.45) is 0 Å². The van der Waals surface area contributed by atoms with Crippen molar-refractivity contribution < 1.29 is 37.2 Å². The number of rotatable bonds is 7. The molecule has 218 valence electrons. The normalized spacial score (nSPS) is 14.5. The number of nitro groups is 1. The molecule has 1 saturated heterocycles. The lowest BCUT2D eigenvalue weighted by Gasteiger charge is -2.15. The third kappa shape index (κ3) is 6.82. The summed E-state index contributed by atoms with van der Waals surface area (Å²) in [5, 5.41) is 13.5. The molecule has 42 heavy (non-hydrogen) atoms. The summed E-state index contributed by atoms with van der Waals surface area (Å²) in [6.45, 7) is 5.15. The monoisotopic (exact) mass is 663 g/mol. The van der Waals surface area contributed by atoms with E-state index in [9.17, 15) is 37.7 Å². The molecule has 0 aromatic heterocycles. The van der Waals surface area contributed by atoms with Crippen LogP contribution in [0.15, 0.2) is 57.9 Å². The van der Waals surface area contributed by atoms with Gasteiger partial charge in [-0.25, -0.2) is 0 Å². The van der Waals surface area contributed by atoms with Gasteiger partial charge in [-0.3, -0.25) is 29.4 Å². The van der Waals surface area contributed by atoms with Crippen molar-refractivity contribution in [1.29, 1.82) is 0 Å². The molecular weight excluding hydrogens is 643 g/mol. The van der Waals surface area contributed by atoms with Gasteiger partial charge in [-0.05, 0) is 95.5 Å². The van der Waals surface area contributed by atoms with E-state index in [0.29, 0.717) is 35.1 Å². The number of amides is 3. The van der Waals surface area contributed by atoms with Crippen molar-refractivity contribution >= 4 is 62.2 Å². The van der Waals surface area contributed by atoms with E-state index in [1.54, 1.807) is 0 Å². The van der Waals surface area contributed by atoms with Gasteiger partial charge >= 0.3 is 11.9 Å². The van der Waals surface area contributed by atoms with E-state index in [-0.39, 0.29) is 15.1 Å². The maximum Gasteiger partial charge on any atom is 0.416 e. The number of nitrogens with zero attached hydrogens (tertiary/aromatic N) is 2. The number of benzene rings is 3. The molecule has 1 N–H and O–H groups in total. The predicted octanol–water partition coefficient (Wildman–Crippen LogP) is 7.77. The first-order valence-corrected chi connectivity index (χ1v) is 13.7. The average Bonchev–Trinajstić information content (AvgIpc) is 3.14. The number of alkyl halides is 3. The fraction of sp³-hybridized carbons (Fsp3) is 0.179. The molecule has 1 fully saturated rings. The topological polar surface area (TPSA) is 119 Å². The Morgan fingerprint density at radius 1 is 1.07 bits per heavy atom. The third-order valence-electron chi connectivity index (χ3n) is 6.07. The van der Waals surface area contributed by atoms with Gasteiger partial charge in [0.2, 0.25) is 11.7 Å². The Morgan fingerprint density at radius 3 is 2.31 bits per heavy atom. The van der Waals surface area contributed by atoms with E-state index in [0.717, 1.165) is 27.7 Å². The highest BCUT2D eigenvalue weighted by Crippen LogP contribution is 2.40. The van der Waals surface area contributed by atoms with Crippen LogP contribution in [0.3, 0.4) is 0 Å². The Morgan fingerprint density at radius 2 is 1.71 bits per heavy atom. The summed E-state index contributed by atoms with van der Waals surface area (Å²) in [7, 11) is 0. The van der Waals surface area contributed by atoms with Crippen molar-refractivity contribution in [3.05, 3.63) is 95.8 Å². The summed E-state index contributed by atoms with van der Waals surface area (Å²) >= 11 is 3.91. The number of halogens is 4. The molecule has 3 aromatic rings. The number of hydrogen-bond acceptors (Lipinski definition) is 7. The van der Waals surface area contributed by atoms with Gasteiger partial charge in [-0.1, -0.05) is 23.8 Å². The van der Waals surface area contributed by atoms with Crippen LogP contribution in [0.2, 0.25) is 0 Å². The number of carbonyl (C=O) groups excluding carboxylic acids is 3. The lowest BCUT2D eigenvalue weighted by molar-refractivity contribution is -0.385. The predicted molar refractivity (Wildman–Crippen MR) is 154 cm³/mol. The maximum absolute atomic E-state index is 13.0. The third-order valence-corrected chi connectivity index (χ3v) is 7.60. The van der Waals surface area contributed by atoms with Gasteiger partial charge in [0, 0.05) is 11.8 Å². The Bertz CT molecular complexity index is 1650. The number of anilines is 1. The highest BCUT2D eigenvalue weighted by molar-refractivity contribution is 9.10. The first-order chi connectivity index (χ1) is 19.6.